The molecular formula is C22H22F3NO. The molecule has 0 saturated heterocycles. The molecule has 0 spiro atoms. The molecule has 0 aliphatic heterocycles. The Morgan fingerprint density at radius 2 is 1.67 bits per heavy atom. The highest BCUT2D eigenvalue weighted by Gasteiger charge is 2.33. The fourth-order valence-electron chi connectivity index (χ4n) is 3.57. The SMILES string of the molecule is CCC(O)(CC(C)c1ccc(C(F)(F)F)cc1)c1ccnc2ccccc12. The lowest BCUT2D eigenvalue weighted by molar-refractivity contribution is -0.137. The van der Waals surface area contributed by atoms with Crippen LogP contribution < -0.4 is 0 Å². The van der Waals surface area contributed by atoms with Crippen LogP contribution in [0.3, 0.4) is 0 Å². The van der Waals surface area contributed by atoms with E-state index in [1.807, 2.05) is 44.2 Å². The molecule has 0 amide bonds. The van der Waals surface area contributed by atoms with Gasteiger partial charge in [-0.15, -0.1) is 0 Å². The third kappa shape index (κ3) is 3.98. The largest absolute Gasteiger partial charge is 0.416 e. The number of nitrogens with zero attached hydrogens (tertiary/aromatic N) is 1. The monoisotopic (exact) mass is 373 g/mol. The van der Waals surface area contributed by atoms with Gasteiger partial charge in [-0.25, -0.2) is 0 Å². The van der Waals surface area contributed by atoms with Gasteiger partial charge in [0.15, 0.2) is 0 Å². The van der Waals surface area contributed by atoms with Gasteiger partial charge in [0, 0.05) is 11.6 Å². The summed E-state index contributed by atoms with van der Waals surface area (Å²) in [4.78, 5) is 4.34. The molecule has 3 rings (SSSR count). The molecule has 1 N–H and O–H groups in total. The molecule has 0 aliphatic carbocycles. The van der Waals surface area contributed by atoms with E-state index < -0.39 is 17.3 Å². The van der Waals surface area contributed by atoms with Crippen LogP contribution in [-0.4, -0.2) is 10.1 Å². The number of aromatic nitrogens is 1. The minimum absolute atomic E-state index is 0.107. The molecule has 2 atom stereocenters. The number of hydrogen-bond acceptors (Lipinski definition) is 2. The third-order valence-electron chi connectivity index (χ3n) is 5.19. The van der Waals surface area contributed by atoms with E-state index >= 15 is 0 Å². The summed E-state index contributed by atoms with van der Waals surface area (Å²) in [6.07, 6.45) is -1.77. The zero-order valence-corrected chi connectivity index (χ0v) is 15.3. The maximum absolute atomic E-state index is 12.8. The normalized spacial score (nSPS) is 15.5. The summed E-state index contributed by atoms with van der Waals surface area (Å²) >= 11 is 0. The standard InChI is InChI=1S/C22H22F3NO/c1-3-21(27,19-12-13-26-20-7-5-4-6-18(19)20)14-15(2)16-8-10-17(11-9-16)22(23,24)25/h4-13,15,27H,3,14H2,1-2H3. The fourth-order valence-corrected chi connectivity index (χ4v) is 3.57. The predicted octanol–water partition coefficient (Wildman–Crippen LogP) is 6.05. The number of benzene rings is 2. The van der Waals surface area contributed by atoms with Crippen molar-refractivity contribution < 1.29 is 18.3 Å². The van der Waals surface area contributed by atoms with Crippen LogP contribution in [0.4, 0.5) is 13.2 Å². The Kier molecular flexibility index (Phi) is 5.24. The number of para-hydroxylation sites is 1. The van der Waals surface area contributed by atoms with Crippen molar-refractivity contribution in [1.29, 1.82) is 0 Å². The van der Waals surface area contributed by atoms with E-state index in [0.717, 1.165) is 34.2 Å². The lowest BCUT2D eigenvalue weighted by atomic mass is 9.79. The van der Waals surface area contributed by atoms with E-state index in [1.165, 1.54) is 12.1 Å². The van der Waals surface area contributed by atoms with Crippen LogP contribution in [0.2, 0.25) is 0 Å². The number of aliphatic hydroxyl groups is 1. The zero-order chi connectivity index (χ0) is 19.7. The second-order valence-electron chi connectivity index (χ2n) is 6.99. The van der Waals surface area contributed by atoms with Crippen LogP contribution in [-0.2, 0) is 11.8 Å². The molecule has 2 unspecified atom stereocenters. The predicted molar refractivity (Wildman–Crippen MR) is 100 cm³/mol. The average Bonchev–Trinajstić information content (AvgIpc) is 2.66. The Bertz CT molecular complexity index is 915. The van der Waals surface area contributed by atoms with Gasteiger partial charge >= 0.3 is 6.18 Å². The van der Waals surface area contributed by atoms with Crippen LogP contribution in [0, 0.1) is 0 Å². The molecule has 0 bridgehead atoms. The number of hydrogen-bond donors (Lipinski definition) is 1. The van der Waals surface area contributed by atoms with Gasteiger partial charge in [-0.2, -0.15) is 13.2 Å². The topological polar surface area (TPSA) is 33.1 Å². The second-order valence-corrected chi connectivity index (χ2v) is 6.99. The van der Waals surface area contributed by atoms with Crippen molar-refractivity contribution >= 4 is 10.9 Å². The molecule has 142 valence electrons. The lowest BCUT2D eigenvalue weighted by Crippen LogP contribution is -2.27. The summed E-state index contributed by atoms with van der Waals surface area (Å²) in [6, 6.07) is 14.6. The summed E-state index contributed by atoms with van der Waals surface area (Å²) in [7, 11) is 0. The van der Waals surface area contributed by atoms with Crippen LogP contribution in [0.25, 0.3) is 10.9 Å². The molecular weight excluding hydrogens is 351 g/mol. The molecule has 5 heteroatoms. The maximum atomic E-state index is 12.8. The summed E-state index contributed by atoms with van der Waals surface area (Å²) in [6.45, 7) is 3.83. The smallest absolute Gasteiger partial charge is 0.385 e. The van der Waals surface area contributed by atoms with Crippen molar-refractivity contribution in [3.63, 3.8) is 0 Å². The van der Waals surface area contributed by atoms with E-state index in [9.17, 15) is 18.3 Å². The van der Waals surface area contributed by atoms with E-state index in [4.69, 9.17) is 0 Å². The first kappa shape index (κ1) is 19.4. The highest BCUT2D eigenvalue weighted by Crippen LogP contribution is 2.39. The highest BCUT2D eigenvalue weighted by molar-refractivity contribution is 5.82. The van der Waals surface area contributed by atoms with E-state index in [-0.39, 0.29) is 5.92 Å². The van der Waals surface area contributed by atoms with Crippen LogP contribution in [0.1, 0.15) is 49.3 Å². The Morgan fingerprint density at radius 1 is 1.00 bits per heavy atom. The molecule has 2 nitrogen and oxygen atoms in total. The first-order valence-corrected chi connectivity index (χ1v) is 8.98. The van der Waals surface area contributed by atoms with Crippen molar-refractivity contribution in [1.82, 2.24) is 4.98 Å². The van der Waals surface area contributed by atoms with Gasteiger partial charge in [0.2, 0.25) is 0 Å². The molecule has 1 aromatic heterocycles. The van der Waals surface area contributed by atoms with E-state index in [2.05, 4.69) is 4.98 Å². The van der Waals surface area contributed by atoms with Gasteiger partial charge < -0.3 is 5.11 Å². The van der Waals surface area contributed by atoms with Gasteiger partial charge in [0.1, 0.15) is 0 Å². The van der Waals surface area contributed by atoms with Gasteiger partial charge in [-0.05, 0) is 54.2 Å². The van der Waals surface area contributed by atoms with Crippen molar-refractivity contribution in [3.05, 3.63) is 77.5 Å². The van der Waals surface area contributed by atoms with Crippen molar-refractivity contribution in [2.45, 2.75) is 44.4 Å². The van der Waals surface area contributed by atoms with Gasteiger partial charge in [0.05, 0.1) is 16.7 Å². The van der Waals surface area contributed by atoms with Gasteiger partial charge in [-0.1, -0.05) is 44.2 Å². The van der Waals surface area contributed by atoms with Crippen molar-refractivity contribution in [3.8, 4) is 0 Å². The average molecular weight is 373 g/mol. The van der Waals surface area contributed by atoms with Gasteiger partial charge in [0.25, 0.3) is 0 Å². The van der Waals surface area contributed by atoms with Gasteiger partial charge in [-0.3, -0.25) is 4.98 Å². The van der Waals surface area contributed by atoms with E-state index in [0.29, 0.717) is 12.8 Å². The Hall–Kier alpha value is -2.40. The number of rotatable bonds is 5. The zero-order valence-electron chi connectivity index (χ0n) is 15.3. The number of halogens is 3. The first-order valence-electron chi connectivity index (χ1n) is 8.98. The van der Waals surface area contributed by atoms with E-state index in [1.54, 1.807) is 6.20 Å². The first-order chi connectivity index (χ1) is 12.7. The van der Waals surface area contributed by atoms with Crippen LogP contribution in [0.5, 0.6) is 0 Å². The molecule has 0 saturated carbocycles. The van der Waals surface area contributed by atoms with Crippen LogP contribution >= 0.6 is 0 Å². The molecule has 1 heterocycles. The number of pyridine rings is 1. The molecule has 3 aromatic rings. The molecule has 2 aromatic carbocycles. The summed E-state index contributed by atoms with van der Waals surface area (Å²) in [5, 5.41) is 12.3. The molecule has 27 heavy (non-hydrogen) atoms. The van der Waals surface area contributed by atoms with Crippen LogP contribution in [0.15, 0.2) is 60.8 Å². The third-order valence-corrected chi connectivity index (χ3v) is 5.19. The Balaban J connectivity index is 1.91. The minimum Gasteiger partial charge on any atom is -0.385 e. The maximum Gasteiger partial charge on any atom is 0.416 e. The summed E-state index contributed by atoms with van der Waals surface area (Å²) in [5.41, 5.74) is 0.626. The highest BCUT2D eigenvalue weighted by atomic mass is 19.4. The molecule has 0 fully saturated rings. The second kappa shape index (κ2) is 7.31. The Morgan fingerprint density at radius 3 is 2.30 bits per heavy atom. The van der Waals surface area contributed by atoms with Crippen molar-refractivity contribution in [2.24, 2.45) is 0 Å². The molecule has 0 radical (unpaired) electrons. The fraction of sp³-hybridized carbons (Fsp3) is 0.318. The lowest BCUT2D eigenvalue weighted by Gasteiger charge is -2.31. The quantitative estimate of drug-likeness (QED) is 0.591. The molecule has 0 aliphatic rings. The number of alkyl halides is 3. The Labute approximate surface area is 156 Å². The summed E-state index contributed by atoms with van der Waals surface area (Å²) < 4.78 is 38.3. The number of fused-ring (bicyclic) bond motifs is 1. The minimum atomic E-state index is -4.35. The van der Waals surface area contributed by atoms with Crippen molar-refractivity contribution in [2.75, 3.05) is 0 Å². The summed E-state index contributed by atoms with van der Waals surface area (Å²) in [5.74, 6) is -0.107.